The van der Waals surface area contributed by atoms with Crippen molar-refractivity contribution in [1.29, 1.82) is 0 Å². The summed E-state index contributed by atoms with van der Waals surface area (Å²) in [4.78, 5) is 26.3. The normalized spacial score (nSPS) is 13.8. The van der Waals surface area contributed by atoms with E-state index in [2.05, 4.69) is 15.6 Å². The van der Waals surface area contributed by atoms with Crippen molar-refractivity contribution in [3.63, 3.8) is 0 Å². The highest BCUT2D eigenvalue weighted by Gasteiger charge is 2.19. The van der Waals surface area contributed by atoms with E-state index in [0.717, 1.165) is 5.01 Å². The quantitative estimate of drug-likeness (QED) is 0.743. The van der Waals surface area contributed by atoms with Crippen LogP contribution in [-0.4, -0.2) is 28.1 Å². The third-order valence-electron chi connectivity index (χ3n) is 2.18. The number of carbonyl (C=O) groups excluding carboxylic acids is 1. The van der Waals surface area contributed by atoms with Gasteiger partial charge in [0.05, 0.1) is 6.04 Å². The molecule has 0 saturated heterocycles. The number of carbonyl (C=O) groups is 2. The van der Waals surface area contributed by atoms with Crippen LogP contribution in [0.5, 0.6) is 0 Å². The Labute approximate surface area is 103 Å². The van der Waals surface area contributed by atoms with E-state index in [0.29, 0.717) is 6.42 Å². The summed E-state index contributed by atoms with van der Waals surface area (Å²) >= 11 is 1.43. The number of carboxylic acid groups (broad SMARTS) is 1. The SMILES string of the molecule is CC[C@H](NC(=O)NC(C)c1nccs1)C(=O)O. The molecule has 1 heterocycles. The van der Waals surface area contributed by atoms with Gasteiger partial charge in [-0.1, -0.05) is 6.92 Å². The molecule has 17 heavy (non-hydrogen) atoms. The first-order valence-electron chi connectivity index (χ1n) is 5.23. The Hall–Kier alpha value is -1.63. The summed E-state index contributed by atoms with van der Waals surface area (Å²) in [6.07, 6.45) is 2.00. The van der Waals surface area contributed by atoms with Crippen LogP contribution in [0.1, 0.15) is 31.3 Å². The van der Waals surface area contributed by atoms with Crippen molar-refractivity contribution in [2.75, 3.05) is 0 Å². The third-order valence-corrected chi connectivity index (χ3v) is 3.14. The van der Waals surface area contributed by atoms with Crippen molar-refractivity contribution in [1.82, 2.24) is 15.6 Å². The van der Waals surface area contributed by atoms with E-state index in [1.54, 1.807) is 20.0 Å². The third kappa shape index (κ3) is 4.03. The minimum absolute atomic E-state index is 0.235. The molecule has 0 radical (unpaired) electrons. The number of urea groups is 1. The van der Waals surface area contributed by atoms with Crippen LogP contribution in [0.4, 0.5) is 4.79 Å². The Morgan fingerprint density at radius 1 is 1.53 bits per heavy atom. The minimum atomic E-state index is -1.04. The van der Waals surface area contributed by atoms with Crippen molar-refractivity contribution in [3.8, 4) is 0 Å². The number of aliphatic carboxylic acids is 1. The van der Waals surface area contributed by atoms with Crippen molar-refractivity contribution < 1.29 is 14.7 Å². The van der Waals surface area contributed by atoms with Crippen LogP contribution < -0.4 is 10.6 Å². The number of nitrogens with zero attached hydrogens (tertiary/aromatic N) is 1. The maximum Gasteiger partial charge on any atom is 0.326 e. The van der Waals surface area contributed by atoms with Crippen LogP contribution in [0.2, 0.25) is 0 Å². The molecule has 1 rings (SSSR count). The maximum absolute atomic E-state index is 11.5. The fraction of sp³-hybridized carbons (Fsp3) is 0.500. The van der Waals surface area contributed by atoms with Crippen molar-refractivity contribution in [2.45, 2.75) is 32.4 Å². The number of thiazole rings is 1. The van der Waals surface area contributed by atoms with Crippen LogP contribution in [0, 0.1) is 0 Å². The predicted octanol–water partition coefficient (Wildman–Crippen LogP) is 1.37. The lowest BCUT2D eigenvalue weighted by molar-refractivity contribution is -0.139. The molecule has 6 nitrogen and oxygen atoms in total. The molecule has 2 amide bonds. The van der Waals surface area contributed by atoms with E-state index in [4.69, 9.17) is 5.11 Å². The zero-order valence-corrected chi connectivity index (χ0v) is 10.5. The first-order chi connectivity index (χ1) is 8.04. The molecule has 0 saturated carbocycles. The summed E-state index contributed by atoms with van der Waals surface area (Å²) in [5, 5.41) is 16.4. The number of aromatic nitrogens is 1. The second kappa shape index (κ2) is 6.19. The number of hydrogen-bond donors (Lipinski definition) is 3. The first kappa shape index (κ1) is 13.4. The Morgan fingerprint density at radius 2 is 2.24 bits per heavy atom. The lowest BCUT2D eigenvalue weighted by atomic mass is 10.2. The lowest BCUT2D eigenvalue weighted by Gasteiger charge is -2.16. The Morgan fingerprint density at radius 3 is 2.71 bits per heavy atom. The summed E-state index contributed by atoms with van der Waals surface area (Å²) < 4.78 is 0. The summed E-state index contributed by atoms with van der Waals surface area (Å²) in [5.74, 6) is -1.04. The zero-order chi connectivity index (χ0) is 12.8. The summed E-state index contributed by atoms with van der Waals surface area (Å²) in [6.45, 7) is 3.49. The summed E-state index contributed by atoms with van der Waals surface area (Å²) in [6, 6.07) is -1.60. The van der Waals surface area contributed by atoms with Gasteiger partial charge in [-0.15, -0.1) is 11.3 Å². The topological polar surface area (TPSA) is 91.3 Å². The van der Waals surface area contributed by atoms with Gasteiger partial charge in [-0.05, 0) is 13.3 Å². The molecular weight excluding hydrogens is 242 g/mol. The number of hydrogen-bond acceptors (Lipinski definition) is 4. The molecule has 94 valence electrons. The van der Waals surface area contributed by atoms with Crippen molar-refractivity contribution >= 4 is 23.3 Å². The van der Waals surface area contributed by atoms with E-state index < -0.39 is 18.0 Å². The molecule has 0 aliphatic carbocycles. The smallest absolute Gasteiger partial charge is 0.326 e. The Balaban J connectivity index is 2.47. The van der Waals surface area contributed by atoms with Crippen LogP contribution in [0.15, 0.2) is 11.6 Å². The number of rotatable bonds is 5. The molecule has 0 aliphatic rings. The second-order valence-corrected chi connectivity index (χ2v) is 4.44. The number of carboxylic acids is 1. The van der Waals surface area contributed by atoms with Gasteiger partial charge >= 0.3 is 12.0 Å². The van der Waals surface area contributed by atoms with Gasteiger partial charge in [0.1, 0.15) is 11.0 Å². The minimum Gasteiger partial charge on any atom is -0.480 e. The molecule has 0 spiro atoms. The summed E-state index contributed by atoms with van der Waals surface area (Å²) in [5.41, 5.74) is 0. The van der Waals surface area contributed by atoms with Gasteiger partial charge in [-0.3, -0.25) is 0 Å². The zero-order valence-electron chi connectivity index (χ0n) is 9.64. The fourth-order valence-corrected chi connectivity index (χ4v) is 1.89. The van der Waals surface area contributed by atoms with Gasteiger partial charge in [-0.2, -0.15) is 0 Å². The van der Waals surface area contributed by atoms with E-state index in [9.17, 15) is 9.59 Å². The van der Waals surface area contributed by atoms with Crippen molar-refractivity contribution in [3.05, 3.63) is 16.6 Å². The summed E-state index contributed by atoms with van der Waals surface area (Å²) in [7, 11) is 0. The Kier molecular flexibility index (Phi) is 4.89. The fourth-order valence-electron chi connectivity index (χ4n) is 1.25. The largest absolute Gasteiger partial charge is 0.480 e. The van der Waals surface area contributed by atoms with E-state index in [1.165, 1.54) is 11.3 Å². The monoisotopic (exact) mass is 257 g/mol. The first-order valence-corrected chi connectivity index (χ1v) is 6.11. The second-order valence-electron chi connectivity index (χ2n) is 3.51. The molecule has 0 aliphatic heterocycles. The molecule has 1 aromatic heterocycles. The van der Waals surface area contributed by atoms with Crippen LogP contribution in [0.25, 0.3) is 0 Å². The van der Waals surface area contributed by atoms with E-state index in [1.807, 2.05) is 5.38 Å². The van der Waals surface area contributed by atoms with Gasteiger partial charge in [0, 0.05) is 11.6 Å². The molecule has 1 unspecified atom stereocenters. The average molecular weight is 257 g/mol. The van der Waals surface area contributed by atoms with E-state index in [-0.39, 0.29) is 6.04 Å². The molecule has 0 aromatic carbocycles. The van der Waals surface area contributed by atoms with Crippen LogP contribution in [-0.2, 0) is 4.79 Å². The molecule has 7 heteroatoms. The Bertz CT molecular complexity index is 380. The molecule has 3 N–H and O–H groups in total. The van der Waals surface area contributed by atoms with Gasteiger partial charge in [0.25, 0.3) is 0 Å². The van der Waals surface area contributed by atoms with Gasteiger partial charge < -0.3 is 15.7 Å². The highest BCUT2D eigenvalue weighted by atomic mass is 32.1. The highest BCUT2D eigenvalue weighted by molar-refractivity contribution is 7.09. The number of amides is 2. The van der Waals surface area contributed by atoms with Crippen LogP contribution >= 0.6 is 11.3 Å². The lowest BCUT2D eigenvalue weighted by Crippen LogP contribution is -2.46. The van der Waals surface area contributed by atoms with Crippen molar-refractivity contribution in [2.24, 2.45) is 0 Å². The van der Waals surface area contributed by atoms with Crippen LogP contribution in [0.3, 0.4) is 0 Å². The maximum atomic E-state index is 11.5. The molecule has 0 fully saturated rings. The van der Waals surface area contributed by atoms with Gasteiger partial charge in [0.2, 0.25) is 0 Å². The molecule has 1 aromatic rings. The van der Waals surface area contributed by atoms with Gasteiger partial charge in [-0.25, -0.2) is 14.6 Å². The van der Waals surface area contributed by atoms with E-state index >= 15 is 0 Å². The molecule has 2 atom stereocenters. The predicted molar refractivity (Wildman–Crippen MR) is 63.9 cm³/mol. The standard InChI is InChI=1S/C10H15N3O3S/c1-3-7(9(14)15)13-10(16)12-6(2)8-11-4-5-17-8/h4-7H,3H2,1-2H3,(H,14,15)(H2,12,13,16)/t6?,7-/m0/s1. The average Bonchev–Trinajstić information content (AvgIpc) is 2.78. The molecule has 0 bridgehead atoms. The highest BCUT2D eigenvalue weighted by Crippen LogP contribution is 2.14. The number of nitrogens with one attached hydrogen (secondary N) is 2. The molecular formula is C10H15N3O3S. The van der Waals surface area contributed by atoms with Gasteiger partial charge in [0.15, 0.2) is 0 Å².